The number of halogens is 1. The van der Waals surface area contributed by atoms with Crippen molar-refractivity contribution in [2.45, 2.75) is 6.54 Å². The molecule has 3 aromatic rings. The Morgan fingerprint density at radius 1 is 1.12 bits per heavy atom. The minimum Gasteiger partial charge on any atom is -0.454 e. The molecule has 0 unspecified atom stereocenters. The number of carbonyl (C=O) groups excluding carboxylic acids is 1. The van der Waals surface area contributed by atoms with Gasteiger partial charge in [-0.25, -0.2) is 4.39 Å². The number of benzene rings is 2. The van der Waals surface area contributed by atoms with E-state index in [1.807, 2.05) is 12.1 Å². The number of hydrogen-bond acceptors (Lipinski definition) is 5. The molecule has 4 rings (SSSR count). The molecule has 0 saturated carbocycles. The third-order valence-electron chi connectivity index (χ3n) is 3.81. The molecule has 1 aliphatic rings. The molecule has 0 atom stereocenters. The van der Waals surface area contributed by atoms with E-state index >= 15 is 0 Å². The van der Waals surface area contributed by atoms with Crippen molar-refractivity contribution < 1.29 is 23.2 Å². The van der Waals surface area contributed by atoms with Gasteiger partial charge in [0.05, 0.1) is 6.20 Å². The predicted octanol–water partition coefficient (Wildman–Crippen LogP) is 3.14. The van der Waals surface area contributed by atoms with Crippen molar-refractivity contribution in [3.8, 4) is 22.8 Å². The van der Waals surface area contributed by atoms with Crippen molar-refractivity contribution in [2.75, 3.05) is 6.79 Å². The van der Waals surface area contributed by atoms with Gasteiger partial charge >= 0.3 is 0 Å². The summed E-state index contributed by atoms with van der Waals surface area (Å²) in [5, 5.41) is 6.48. The normalized spacial score (nSPS) is 12.2. The van der Waals surface area contributed by atoms with Crippen LogP contribution in [0.15, 0.2) is 53.2 Å². The van der Waals surface area contributed by atoms with E-state index in [0.29, 0.717) is 29.4 Å². The maximum Gasteiger partial charge on any atom is 0.257 e. The lowest BCUT2D eigenvalue weighted by Gasteiger charge is -2.06. The molecule has 0 fully saturated rings. The van der Waals surface area contributed by atoms with E-state index in [0.717, 1.165) is 5.56 Å². The number of nitrogens with zero attached hydrogens (tertiary/aromatic N) is 1. The zero-order chi connectivity index (χ0) is 17.2. The minimum atomic E-state index is -0.364. The Labute approximate surface area is 142 Å². The molecule has 0 saturated heterocycles. The van der Waals surface area contributed by atoms with E-state index in [1.54, 1.807) is 6.07 Å². The highest BCUT2D eigenvalue weighted by Gasteiger charge is 2.18. The number of nitrogens with one attached hydrogen (secondary N) is 1. The first-order valence-corrected chi connectivity index (χ1v) is 7.58. The molecule has 1 aliphatic heterocycles. The predicted molar refractivity (Wildman–Crippen MR) is 85.6 cm³/mol. The minimum absolute atomic E-state index is 0.201. The van der Waals surface area contributed by atoms with E-state index in [1.165, 1.54) is 30.5 Å². The van der Waals surface area contributed by atoms with Crippen LogP contribution in [0.25, 0.3) is 11.3 Å². The van der Waals surface area contributed by atoms with Gasteiger partial charge in [0, 0.05) is 12.1 Å². The lowest BCUT2D eigenvalue weighted by molar-refractivity contribution is 0.0951. The molecule has 126 valence electrons. The van der Waals surface area contributed by atoms with Crippen LogP contribution in [0.4, 0.5) is 4.39 Å². The van der Waals surface area contributed by atoms with Gasteiger partial charge in [0.1, 0.15) is 11.4 Å². The fraction of sp³-hybridized carbons (Fsp3) is 0.111. The topological polar surface area (TPSA) is 73.6 Å². The average Bonchev–Trinajstić information content (AvgIpc) is 3.29. The highest BCUT2D eigenvalue weighted by Crippen LogP contribution is 2.32. The van der Waals surface area contributed by atoms with Crippen molar-refractivity contribution in [1.82, 2.24) is 10.5 Å². The van der Waals surface area contributed by atoms with Gasteiger partial charge in [-0.05, 0) is 42.0 Å². The molecule has 2 aromatic carbocycles. The third-order valence-corrected chi connectivity index (χ3v) is 3.81. The smallest absolute Gasteiger partial charge is 0.257 e. The fourth-order valence-electron chi connectivity index (χ4n) is 2.54. The van der Waals surface area contributed by atoms with Crippen molar-refractivity contribution in [1.29, 1.82) is 0 Å². The summed E-state index contributed by atoms with van der Waals surface area (Å²) < 4.78 is 28.8. The molecule has 0 bridgehead atoms. The Bertz CT molecular complexity index is 921. The summed E-state index contributed by atoms with van der Waals surface area (Å²) in [6.07, 6.45) is 1.34. The number of ether oxygens (including phenoxy) is 2. The number of fused-ring (bicyclic) bond motifs is 1. The Morgan fingerprint density at radius 2 is 1.92 bits per heavy atom. The van der Waals surface area contributed by atoms with Crippen molar-refractivity contribution in [2.24, 2.45) is 0 Å². The van der Waals surface area contributed by atoms with Gasteiger partial charge in [0.25, 0.3) is 5.91 Å². The Balaban J connectivity index is 1.49. The molecular weight excluding hydrogens is 327 g/mol. The quantitative estimate of drug-likeness (QED) is 0.790. The van der Waals surface area contributed by atoms with Crippen LogP contribution in [-0.2, 0) is 6.54 Å². The van der Waals surface area contributed by atoms with Crippen LogP contribution in [0.5, 0.6) is 11.5 Å². The molecule has 1 amide bonds. The highest BCUT2D eigenvalue weighted by atomic mass is 19.1. The first kappa shape index (κ1) is 15.2. The molecule has 0 spiro atoms. The maximum atomic E-state index is 13.0. The van der Waals surface area contributed by atoms with E-state index in [9.17, 15) is 9.18 Å². The number of carbonyl (C=O) groups is 1. The molecular formula is C18H13FN2O4. The van der Waals surface area contributed by atoms with Gasteiger partial charge in [-0.1, -0.05) is 11.2 Å². The second-order valence-electron chi connectivity index (χ2n) is 5.45. The van der Waals surface area contributed by atoms with Gasteiger partial charge in [-0.2, -0.15) is 0 Å². The summed E-state index contributed by atoms with van der Waals surface area (Å²) in [7, 11) is 0. The Morgan fingerprint density at radius 3 is 2.76 bits per heavy atom. The Hall–Kier alpha value is -3.35. The maximum absolute atomic E-state index is 13.0. The second kappa shape index (κ2) is 6.27. The van der Waals surface area contributed by atoms with Gasteiger partial charge in [-0.15, -0.1) is 0 Å². The monoisotopic (exact) mass is 340 g/mol. The van der Waals surface area contributed by atoms with E-state index in [2.05, 4.69) is 10.5 Å². The van der Waals surface area contributed by atoms with Crippen molar-refractivity contribution >= 4 is 5.91 Å². The summed E-state index contributed by atoms with van der Waals surface area (Å²) in [6, 6.07) is 11.1. The SMILES string of the molecule is O=C(NCc1ccc2c(c1)OCO2)c1cnoc1-c1ccc(F)cc1. The van der Waals surface area contributed by atoms with Crippen LogP contribution in [0.3, 0.4) is 0 Å². The zero-order valence-corrected chi connectivity index (χ0v) is 13.0. The average molecular weight is 340 g/mol. The summed E-state index contributed by atoms with van der Waals surface area (Å²) in [5.41, 5.74) is 1.73. The lowest BCUT2D eigenvalue weighted by Crippen LogP contribution is -2.22. The largest absolute Gasteiger partial charge is 0.454 e. The number of amides is 1. The van der Waals surface area contributed by atoms with Crippen LogP contribution in [-0.4, -0.2) is 17.9 Å². The molecule has 1 N–H and O–H groups in total. The molecule has 1 aromatic heterocycles. The first-order chi connectivity index (χ1) is 12.2. The number of hydrogen-bond donors (Lipinski definition) is 1. The Kier molecular flexibility index (Phi) is 3.81. The second-order valence-corrected chi connectivity index (χ2v) is 5.45. The van der Waals surface area contributed by atoms with Gasteiger partial charge in [0.2, 0.25) is 6.79 Å². The summed E-state index contributed by atoms with van der Waals surface area (Å²) >= 11 is 0. The zero-order valence-electron chi connectivity index (χ0n) is 13.0. The standard InChI is InChI=1S/C18H13FN2O4/c19-13-4-2-12(3-5-13)17-14(9-21-25-17)18(22)20-8-11-1-6-15-16(7-11)24-10-23-15/h1-7,9H,8,10H2,(H,20,22). The van der Waals surface area contributed by atoms with Crippen LogP contribution < -0.4 is 14.8 Å². The van der Waals surface area contributed by atoms with Crippen LogP contribution >= 0.6 is 0 Å². The molecule has 7 heteroatoms. The van der Waals surface area contributed by atoms with E-state index in [4.69, 9.17) is 14.0 Å². The number of rotatable bonds is 4. The molecule has 25 heavy (non-hydrogen) atoms. The van der Waals surface area contributed by atoms with Gasteiger partial charge < -0.3 is 19.3 Å². The summed E-state index contributed by atoms with van der Waals surface area (Å²) in [6.45, 7) is 0.510. The van der Waals surface area contributed by atoms with E-state index < -0.39 is 0 Å². The fourth-order valence-corrected chi connectivity index (χ4v) is 2.54. The molecule has 0 radical (unpaired) electrons. The third kappa shape index (κ3) is 3.03. The van der Waals surface area contributed by atoms with Crippen molar-refractivity contribution in [3.05, 3.63) is 65.6 Å². The van der Waals surface area contributed by atoms with Gasteiger partial charge in [0.15, 0.2) is 17.3 Å². The first-order valence-electron chi connectivity index (χ1n) is 7.58. The summed E-state index contributed by atoms with van der Waals surface area (Å²) in [5.74, 6) is 0.940. The van der Waals surface area contributed by atoms with Gasteiger partial charge in [-0.3, -0.25) is 4.79 Å². The molecule has 0 aliphatic carbocycles. The van der Waals surface area contributed by atoms with E-state index in [-0.39, 0.29) is 24.1 Å². The molecule has 6 nitrogen and oxygen atoms in total. The highest BCUT2D eigenvalue weighted by molar-refractivity contribution is 5.99. The van der Waals surface area contributed by atoms with Crippen LogP contribution in [0.2, 0.25) is 0 Å². The van der Waals surface area contributed by atoms with Crippen LogP contribution in [0, 0.1) is 5.82 Å². The lowest BCUT2D eigenvalue weighted by atomic mass is 10.1. The molecule has 2 heterocycles. The van der Waals surface area contributed by atoms with Crippen LogP contribution in [0.1, 0.15) is 15.9 Å². The summed E-state index contributed by atoms with van der Waals surface area (Å²) in [4.78, 5) is 12.4. The van der Waals surface area contributed by atoms with Crippen molar-refractivity contribution in [3.63, 3.8) is 0 Å². The number of aromatic nitrogens is 1.